The monoisotopic (exact) mass is 488 g/mol. The van der Waals surface area contributed by atoms with E-state index < -0.39 is 0 Å². The number of para-hydroxylation sites is 1. The molecule has 0 bridgehead atoms. The van der Waals surface area contributed by atoms with Gasteiger partial charge in [0.05, 0.1) is 26.9 Å². The molecule has 0 N–H and O–H groups in total. The van der Waals surface area contributed by atoms with Crippen LogP contribution in [0, 0.1) is 13.8 Å². The van der Waals surface area contributed by atoms with Gasteiger partial charge in [0.2, 0.25) is 0 Å². The van der Waals surface area contributed by atoms with E-state index in [1.165, 1.54) is 16.7 Å². The van der Waals surface area contributed by atoms with Crippen molar-refractivity contribution < 1.29 is 19.0 Å². The van der Waals surface area contributed by atoms with E-state index in [2.05, 4.69) is 36.9 Å². The van der Waals surface area contributed by atoms with Crippen molar-refractivity contribution in [2.45, 2.75) is 39.3 Å². The minimum absolute atomic E-state index is 0.0523. The Balaban J connectivity index is 1.59. The molecule has 0 saturated carbocycles. The van der Waals surface area contributed by atoms with Gasteiger partial charge in [-0.3, -0.25) is 9.69 Å². The van der Waals surface area contributed by atoms with Gasteiger partial charge in [-0.15, -0.1) is 0 Å². The molecule has 0 aromatic heterocycles. The first-order chi connectivity index (χ1) is 17.4. The predicted molar refractivity (Wildman–Crippen MR) is 144 cm³/mol. The lowest BCUT2D eigenvalue weighted by Gasteiger charge is -2.39. The maximum Gasteiger partial charge on any atom is 0.262 e. The van der Waals surface area contributed by atoms with Gasteiger partial charge in [-0.05, 0) is 67.6 Å². The average Bonchev–Trinajstić information content (AvgIpc) is 2.91. The first kappa shape index (κ1) is 25.6. The zero-order valence-corrected chi connectivity index (χ0v) is 21.9. The third kappa shape index (κ3) is 5.49. The molecule has 0 radical (unpaired) electrons. The first-order valence-electron chi connectivity index (χ1n) is 12.4. The predicted octanol–water partition coefficient (Wildman–Crippen LogP) is 5.64. The number of hydrogen-bond donors (Lipinski definition) is 0. The zero-order valence-electron chi connectivity index (χ0n) is 21.9. The number of amides is 1. The molecule has 1 fully saturated rings. The Morgan fingerprint density at radius 1 is 0.833 bits per heavy atom. The molecule has 4 rings (SSSR count). The lowest BCUT2D eigenvalue weighted by Crippen LogP contribution is -2.47. The number of nitrogens with zero attached hydrogens (tertiary/aromatic N) is 2. The molecule has 0 aliphatic carbocycles. The summed E-state index contributed by atoms with van der Waals surface area (Å²) in [7, 11) is 4.82. The minimum atomic E-state index is -0.0766. The van der Waals surface area contributed by atoms with Gasteiger partial charge in [-0.1, -0.05) is 30.3 Å². The summed E-state index contributed by atoms with van der Waals surface area (Å²) in [6, 6.07) is 19.8. The first-order valence-corrected chi connectivity index (χ1v) is 12.4. The number of anilines is 1. The number of piperidine rings is 1. The van der Waals surface area contributed by atoms with Crippen molar-refractivity contribution in [1.29, 1.82) is 0 Å². The molecule has 190 valence electrons. The van der Waals surface area contributed by atoms with E-state index in [4.69, 9.17) is 14.2 Å². The normalized spacial score (nSPS) is 14.4. The summed E-state index contributed by atoms with van der Waals surface area (Å²) >= 11 is 0. The van der Waals surface area contributed by atoms with Gasteiger partial charge < -0.3 is 19.1 Å². The summed E-state index contributed by atoms with van der Waals surface area (Å²) in [5.74, 6) is 1.72. The molecule has 3 aromatic carbocycles. The lowest BCUT2D eigenvalue weighted by atomic mass is 9.99. The molecule has 6 nitrogen and oxygen atoms in total. The van der Waals surface area contributed by atoms with Crippen LogP contribution in [-0.4, -0.2) is 51.3 Å². The molecule has 3 aromatic rings. The van der Waals surface area contributed by atoms with Crippen molar-refractivity contribution in [2.24, 2.45) is 0 Å². The Bertz CT molecular complexity index is 1200. The summed E-state index contributed by atoms with van der Waals surface area (Å²) in [6.45, 7) is 7.06. The van der Waals surface area contributed by atoms with Crippen molar-refractivity contribution in [1.82, 2.24) is 4.90 Å². The number of ether oxygens (including phenoxy) is 3. The molecule has 36 heavy (non-hydrogen) atoms. The Morgan fingerprint density at radius 2 is 1.53 bits per heavy atom. The van der Waals surface area contributed by atoms with Crippen molar-refractivity contribution in [3.63, 3.8) is 0 Å². The van der Waals surface area contributed by atoms with E-state index in [0.717, 1.165) is 38.2 Å². The molecule has 1 amide bonds. The summed E-state index contributed by atoms with van der Waals surface area (Å²) in [5.41, 5.74) is 5.31. The number of carbonyl (C=O) groups is 1. The topological polar surface area (TPSA) is 51.2 Å². The Kier molecular flexibility index (Phi) is 8.16. The van der Waals surface area contributed by atoms with E-state index >= 15 is 0 Å². The van der Waals surface area contributed by atoms with Crippen molar-refractivity contribution >= 4 is 11.6 Å². The van der Waals surface area contributed by atoms with Crippen LogP contribution in [0.1, 0.15) is 39.9 Å². The average molecular weight is 489 g/mol. The number of benzene rings is 3. The van der Waals surface area contributed by atoms with Crippen LogP contribution in [0.2, 0.25) is 0 Å². The molecule has 1 saturated heterocycles. The van der Waals surface area contributed by atoms with Gasteiger partial charge in [-0.25, -0.2) is 0 Å². The van der Waals surface area contributed by atoms with Gasteiger partial charge >= 0.3 is 0 Å². The molecule has 1 aliphatic heterocycles. The van der Waals surface area contributed by atoms with Crippen LogP contribution >= 0.6 is 0 Å². The number of methoxy groups -OCH3 is 3. The maximum absolute atomic E-state index is 14.0. The molecule has 0 unspecified atom stereocenters. The summed E-state index contributed by atoms with van der Waals surface area (Å²) < 4.78 is 16.5. The minimum Gasteiger partial charge on any atom is -0.496 e. The Labute approximate surface area is 214 Å². The van der Waals surface area contributed by atoms with Gasteiger partial charge in [0.25, 0.3) is 5.91 Å². The zero-order chi connectivity index (χ0) is 25.7. The summed E-state index contributed by atoms with van der Waals surface area (Å²) in [4.78, 5) is 18.4. The van der Waals surface area contributed by atoms with Crippen LogP contribution < -0.4 is 19.1 Å². The largest absolute Gasteiger partial charge is 0.496 e. The van der Waals surface area contributed by atoms with Crippen LogP contribution in [0.3, 0.4) is 0 Å². The molecule has 6 heteroatoms. The SMILES string of the molecule is COc1ccc(N(C(=O)c2ccccc2OC)C2CCN(Cc3ccc(C)c(C)c3)CC2)cc1OC. The smallest absolute Gasteiger partial charge is 0.262 e. The van der Waals surface area contributed by atoms with Crippen molar-refractivity contribution in [3.8, 4) is 17.2 Å². The highest BCUT2D eigenvalue weighted by atomic mass is 16.5. The van der Waals surface area contributed by atoms with Crippen LogP contribution in [0.25, 0.3) is 0 Å². The lowest BCUT2D eigenvalue weighted by molar-refractivity contribution is 0.0955. The molecule has 1 heterocycles. The highest BCUT2D eigenvalue weighted by Gasteiger charge is 2.31. The maximum atomic E-state index is 14.0. The highest BCUT2D eigenvalue weighted by molar-refractivity contribution is 6.08. The number of likely N-dealkylation sites (tertiary alicyclic amines) is 1. The van der Waals surface area contributed by atoms with Gasteiger partial charge in [0.15, 0.2) is 11.5 Å². The van der Waals surface area contributed by atoms with Crippen molar-refractivity contribution in [2.75, 3.05) is 39.3 Å². The van der Waals surface area contributed by atoms with Crippen LogP contribution in [-0.2, 0) is 6.54 Å². The third-order valence-corrected chi connectivity index (χ3v) is 7.10. The van der Waals surface area contributed by atoms with Crippen LogP contribution in [0.5, 0.6) is 17.2 Å². The second-order valence-electron chi connectivity index (χ2n) is 9.34. The Morgan fingerprint density at radius 3 is 2.19 bits per heavy atom. The fraction of sp³-hybridized carbons (Fsp3) is 0.367. The number of carbonyl (C=O) groups excluding carboxylic acids is 1. The number of aryl methyl sites for hydroxylation is 2. The second kappa shape index (κ2) is 11.5. The van der Waals surface area contributed by atoms with Gasteiger partial charge in [-0.2, -0.15) is 0 Å². The number of rotatable bonds is 8. The molecule has 0 atom stereocenters. The fourth-order valence-corrected chi connectivity index (χ4v) is 4.92. The fourth-order valence-electron chi connectivity index (χ4n) is 4.92. The van der Waals surface area contributed by atoms with E-state index in [0.29, 0.717) is 22.8 Å². The quantitative estimate of drug-likeness (QED) is 0.411. The summed E-state index contributed by atoms with van der Waals surface area (Å²) in [6.07, 6.45) is 1.75. The molecular weight excluding hydrogens is 452 g/mol. The van der Waals surface area contributed by atoms with E-state index in [9.17, 15) is 4.79 Å². The van der Waals surface area contributed by atoms with Crippen LogP contribution in [0.15, 0.2) is 60.7 Å². The summed E-state index contributed by atoms with van der Waals surface area (Å²) in [5, 5.41) is 0. The third-order valence-electron chi connectivity index (χ3n) is 7.10. The number of hydrogen-bond acceptors (Lipinski definition) is 5. The van der Waals surface area contributed by atoms with Crippen molar-refractivity contribution in [3.05, 3.63) is 82.9 Å². The molecule has 1 aliphatic rings. The highest BCUT2D eigenvalue weighted by Crippen LogP contribution is 2.35. The molecular formula is C30H36N2O4. The van der Waals surface area contributed by atoms with Gasteiger partial charge in [0, 0.05) is 37.4 Å². The van der Waals surface area contributed by atoms with E-state index in [1.54, 1.807) is 21.3 Å². The van der Waals surface area contributed by atoms with E-state index in [1.807, 2.05) is 47.4 Å². The second-order valence-corrected chi connectivity index (χ2v) is 9.34. The van der Waals surface area contributed by atoms with Crippen LogP contribution in [0.4, 0.5) is 5.69 Å². The van der Waals surface area contributed by atoms with E-state index in [-0.39, 0.29) is 11.9 Å². The standard InChI is InChI=1S/C30H36N2O4/c1-21-10-11-23(18-22(21)2)20-31-16-14-24(15-17-31)32(25-12-13-28(35-4)29(19-25)36-5)30(33)26-8-6-7-9-27(26)34-3/h6-13,18-19,24H,14-17,20H2,1-5H3. The molecule has 0 spiro atoms. The Hall–Kier alpha value is -3.51. The van der Waals surface area contributed by atoms with Gasteiger partial charge in [0.1, 0.15) is 5.75 Å².